The highest BCUT2D eigenvalue weighted by Gasteiger charge is 2.47. The molecule has 1 aliphatic rings. The van der Waals surface area contributed by atoms with E-state index < -0.39 is 23.4 Å². The summed E-state index contributed by atoms with van der Waals surface area (Å²) >= 11 is 0. The van der Waals surface area contributed by atoms with Crippen LogP contribution in [0.25, 0.3) is 0 Å². The van der Waals surface area contributed by atoms with Crippen molar-refractivity contribution in [1.82, 2.24) is 4.90 Å². The van der Waals surface area contributed by atoms with E-state index in [0.29, 0.717) is 6.42 Å². The summed E-state index contributed by atoms with van der Waals surface area (Å²) in [5, 5.41) is 0. The number of rotatable bonds is 5. The lowest BCUT2D eigenvalue weighted by Crippen LogP contribution is -2.44. The summed E-state index contributed by atoms with van der Waals surface area (Å²) in [6.45, 7) is 10.6. The van der Waals surface area contributed by atoms with E-state index in [9.17, 15) is 14.4 Å². The van der Waals surface area contributed by atoms with Crippen molar-refractivity contribution in [1.29, 1.82) is 0 Å². The highest BCUT2D eigenvalue weighted by Crippen LogP contribution is 2.40. The Hall–Kier alpha value is -2.57. The molecule has 7 heteroatoms. The van der Waals surface area contributed by atoms with Gasteiger partial charge in [0.05, 0.1) is 5.92 Å². The van der Waals surface area contributed by atoms with Crippen molar-refractivity contribution in [3.63, 3.8) is 0 Å². The van der Waals surface area contributed by atoms with Gasteiger partial charge in [-0.3, -0.25) is 4.79 Å². The summed E-state index contributed by atoms with van der Waals surface area (Å²) in [6.07, 6.45) is -1.01. The molecule has 29 heavy (non-hydrogen) atoms. The fourth-order valence-electron chi connectivity index (χ4n) is 2.67. The molecule has 1 fully saturated rings. The van der Waals surface area contributed by atoms with Gasteiger partial charge in [0, 0.05) is 6.54 Å². The zero-order chi connectivity index (χ0) is 21.8. The predicted octanol–water partition coefficient (Wildman–Crippen LogP) is 4.54. The summed E-state index contributed by atoms with van der Waals surface area (Å²) in [5.74, 6) is -0.837. The molecule has 0 radical (unpaired) electrons. The van der Waals surface area contributed by atoms with Gasteiger partial charge in [-0.25, -0.2) is 14.5 Å². The third-order valence-corrected chi connectivity index (χ3v) is 4.09. The highest BCUT2D eigenvalue weighted by molar-refractivity contribution is 5.88. The first kappa shape index (κ1) is 22.7. The maximum atomic E-state index is 12.5. The van der Waals surface area contributed by atoms with Crippen LogP contribution in [0.5, 0.6) is 0 Å². The molecule has 160 valence electrons. The number of hydrogen-bond acceptors (Lipinski definition) is 6. The first-order chi connectivity index (χ1) is 13.4. The van der Waals surface area contributed by atoms with Gasteiger partial charge in [-0.1, -0.05) is 30.3 Å². The smallest absolute Gasteiger partial charge is 0.419 e. The Morgan fingerprint density at radius 3 is 1.93 bits per heavy atom. The second-order valence-corrected chi connectivity index (χ2v) is 9.27. The van der Waals surface area contributed by atoms with Crippen molar-refractivity contribution in [2.45, 2.75) is 65.8 Å². The van der Waals surface area contributed by atoms with Gasteiger partial charge in [-0.05, 0) is 59.4 Å². The van der Waals surface area contributed by atoms with Crippen molar-refractivity contribution in [2.24, 2.45) is 11.8 Å². The van der Waals surface area contributed by atoms with Crippen LogP contribution in [-0.2, 0) is 25.6 Å². The van der Waals surface area contributed by atoms with E-state index in [4.69, 9.17) is 14.2 Å². The summed E-state index contributed by atoms with van der Waals surface area (Å²) in [6, 6.07) is 9.41. The van der Waals surface area contributed by atoms with Crippen molar-refractivity contribution in [2.75, 3.05) is 6.54 Å². The quantitative estimate of drug-likeness (QED) is 0.528. The van der Waals surface area contributed by atoms with Gasteiger partial charge in [0.2, 0.25) is 0 Å². The minimum atomic E-state index is -0.782. The van der Waals surface area contributed by atoms with Crippen molar-refractivity contribution in [3.05, 3.63) is 35.9 Å². The summed E-state index contributed by atoms with van der Waals surface area (Å²) < 4.78 is 16.0. The molecule has 0 heterocycles. The second kappa shape index (κ2) is 8.84. The minimum Gasteiger partial charge on any atom is -0.461 e. The Labute approximate surface area is 172 Å². The lowest BCUT2D eigenvalue weighted by atomic mass is 10.2. The van der Waals surface area contributed by atoms with Crippen molar-refractivity contribution in [3.8, 4) is 0 Å². The largest absolute Gasteiger partial charge is 0.461 e. The number of nitrogens with zero attached hydrogens (tertiary/aromatic N) is 1. The van der Waals surface area contributed by atoms with E-state index in [0.717, 1.165) is 10.5 Å². The van der Waals surface area contributed by atoms with E-state index >= 15 is 0 Å². The summed E-state index contributed by atoms with van der Waals surface area (Å²) in [7, 11) is 0. The molecule has 0 N–H and O–H groups in total. The van der Waals surface area contributed by atoms with Gasteiger partial charge in [-0.15, -0.1) is 0 Å². The number of hydrogen-bond donors (Lipinski definition) is 0. The molecule has 0 spiro atoms. The Balaban J connectivity index is 1.95. The van der Waals surface area contributed by atoms with E-state index in [1.807, 2.05) is 30.3 Å². The second-order valence-electron chi connectivity index (χ2n) is 9.27. The maximum Gasteiger partial charge on any atom is 0.419 e. The summed E-state index contributed by atoms with van der Waals surface area (Å²) in [5.41, 5.74) is -0.605. The zero-order valence-electron chi connectivity index (χ0n) is 18.1. The Bertz CT molecular complexity index is 704. The molecule has 2 rings (SSSR count). The standard InChI is InChI=1S/C22H31NO6/c1-21(2,3)28-19(25)23(20(26)29-22(4,5)6)13-16-12-17(16)18(24)27-14-15-10-8-7-9-11-15/h7-11,16-17H,12-14H2,1-6H3/t16-,17+/m0/s1. The van der Waals surface area contributed by atoms with Gasteiger partial charge in [0.1, 0.15) is 17.8 Å². The van der Waals surface area contributed by atoms with E-state index in [2.05, 4.69) is 0 Å². The number of ether oxygens (including phenoxy) is 3. The van der Waals surface area contributed by atoms with Crippen LogP contribution in [0.4, 0.5) is 9.59 Å². The third-order valence-electron chi connectivity index (χ3n) is 4.09. The Morgan fingerprint density at radius 1 is 0.931 bits per heavy atom. The fraction of sp³-hybridized carbons (Fsp3) is 0.591. The number of benzene rings is 1. The van der Waals surface area contributed by atoms with Gasteiger partial charge < -0.3 is 14.2 Å². The predicted molar refractivity (Wildman–Crippen MR) is 107 cm³/mol. The van der Waals surface area contributed by atoms with Gasteiger partial charge in [-0.2, -0.15) is 0 Å². The molecule has 1 saturated carbocycles. The van der Waals surface area contributed by atoms with Crippen molar-refractivity contribution < 1.29 is 28.6 Å². The number of imide groups is 1. The number of amides is 2. The molecule has 0 unspecified atom stereocenters. The Kier molecular flexibility index (Phi) is 6.93. The average Bonchev–Trinajstić information content (AvgIpc) is 3.34. The molecule has 0 bridgehead atoms. The van der Waals surface area contributed by atoms with E-state index in [1.54, 1.807) is 41.5 Å². The van der Waals surface area contributed by atoms with Crippen LogP contribution in [0.1, 0.15) is 53.5 Å². The molecule has 0 aromatic heterocycles. The molecule has 1 aliphatic carbocycles. The molecule has 0 aliphatic heterocycles. The first-order valence-electron chi connectivity index (χ1n) is 9.80. The van der Waals surface area contributed by atoms with Crippen molar-refractivity contribution >= 4 is 18.2 Å². The third kappa shape index (κ3) is 7.75. The lowest BCUT2D eigenvalue weighted by molar-refractivity contribution is -0.147. The molecule has 7 nitrogen and oxygen atoms in total. The fourth-order valence-corrected chi connectivity index (χ4v) is 2.67. The minimum absolute atomic E-state index is 0.0505. The molecule has 1 aromatic carbocycles. The number of esters is 1. The van der Waals surface area contributed by atoms with Crippen LogP contribution in [0.15, 0.2) is 30.3 Å². The number of carbonyl (C=O) groups excluding carboxylic acids is 3. The molecular weight excluding hydrogens is 374 g/mol. The molecular formula is C22H31NO6. The van der Waals surface area contributed by atoms with Crippen LogP contribution in [0.3, 0.4) is 0 Å². The molecule has 1 aromatic rings. The number of carbonyl (C=O) groups is 3. The van der Waals surface area contributed by atoms with E-state index in [-0.39, 0.29) is 31.0 Å². The highest BCUT2D eigenvalue weighted by atomic mass is 16.6. The normalized spacial score (nSPS) is 18.6. The van der Waals surface area contributed by atoms with Crippen LogP contribution in [0, 0.1) is 11.8 Å². The monoisotopic (exact) mass is 405 g/mol. The summed E-state index contributed by atoms with van der Waals surface area (Å²) in [4.78, 5) is 38.3. The van der Waals surface area contributed by atoms with Gasteiger partial charge in [0.25, 0.3) is 0 Å². The van der Waals surface area contributed by atoms with Crippen LogP contribution in [-0.4, -0.2) is 40.8 Å². The van der Waals surface area contributed by atoms with E-state index in [1.165, 1.54) is 0 Å². The lowest BCUT2D eigenvalue weighted by Gasteiger charge is -2.28. The topological polar surface area (TPSA) is 82.1 Å². The Morgan fingerprint density at radius 2 is 1.45 bits per heavy atom. The van der Waals surface area contributed by atoms with Crippen LogP contribution in [0.2, 0.25) is 0 Å². The van der Waals surface area contributed by atoms with Gasteiger partial charge in [0.15, 0.2) is 0 Å². The molecule has 0 saturated heterocycles. The molecule has 2 amide bonds. The van der Waals surface area contributed by atoms with Crippen LogP contribution < -0.4 is 0 Å². The molecule has 2 atom stereocenters. The average molecular weight is 405 g/mol. The van der Waals surface area contributed by atoms with Crippen LogP contribution >= 0.6 is 0 Å². The first-order valence-corrected chi connectivity index (χ1v) is 9.80. The zero-order valence-corrected chi connectivity index (χ0v) is 18.1. The van der Waals surface area contributed by atoms with Gasteiger partial charge >= 0.3 is 18.2 Å². The SMILES string of the molecule is CC(C)(C)OC(=O)N(C[C@@H]1C[C@H]1C(=O)OCc1ccccc1)C(=O)OC(C)(C)C. The maximum absolute atomic E-state index is 12.5.